The molecule has 5 aromatic heterocycles. The molecular formula is C48H38N4O2Pt. The second kappa shape index (κ2) is 12.7. The first-order valence-corrected chi connectivity index (χ1v) is 18.4. The number of pyridine rings is 2. The fourth-order valence-electron chi connectivity index (χ4n) is 7.81. The standard InChI is InChI=1S/C48H38N4O2.Pt/c1-47(2,3)29-14-12-17-32(26-29)52-37-19-11-10-18-33(37)34-22-23-41(50-46(34)52)53-40-28-35(36-27-30(24-25-49-36)48(4,5)6)45-43-42-38(20-13-21-39(42)54-45)51(44(40)43)31-15-8-7-9-16-31;/h7-16,18-27H,1-6H3;/q-2;+2. The van der Waals surface area contributed by atoms with E-state index >= 15 is 0 Å². The Bertz CT molecular complexity index is 3050. The molecule has 0 saturated carbocycles. The van der Waals surface area contributed by atoms with Gasteiger partial charge >= 0.3 is 21.1 Å². The van der Waals surface area contributed by atoms with E-state index in [-0.39, 0.29) is 31.9 Å². The minimum atomic E-state index is -0.0726. The molecule has 272 valence electrons. The van der Waals surface area contributed by atoms with Crippen molar-refractivity contribution in [3.8, 4) is 34.3 Å². The van der Waals surface area contributed by atoms with Crippen LogP contribution in [0.3, 0.4) is 0 Å². The van der Waals surface area contributed by atoms with Gasteiger partial charge in [0.15, 0.2) is 0 Å². The van der Waals surface area contributed by atoms with Crippen molar-refractivity contribution in [3.05, 3.63) is 145 Å². The van der Waals surface area contributed by atoms with Gasteiger partial charge in [0.1, 0.15) is 11.2 Å². The first-order valence-electron chi connectivity index (χ1n) is 18.4. The molecule has 10 aromatic rings. The van der Waals surface area contributed by atoms with E-state index in [1.165, 1.54) is 11.1 Å². The van der Waals surface area contributed by atoms with Crippen molar-refractivity contribution in [1.29, 1.82) is 0 Å². The summed E-state index contributed by atoms with van der Waals surface area (Å²) < 4.78 is 18.1. The van der Waals surface area contributed by atoms with Crippen LogP contribution in [0.4, 0.5) is 0 Å². The average molecular weight is 898 g/mol. The number of hydrogen-bond donors (Lipinski definition) is 0. The van der Waals surface area contributed by atoms with Crippen molar-refractivity contribution >= 4 is 54.9 Å². The van der Waals surface area contributed by atoms with Crippen LogP contribution in [-0.4, -0.2) is 19.1 Å². The zero-order chi connectivity index (χ0) is 36.9. The average Bonchev–Trinajstić information content (AvgIpc) is 3.84. The van der Waals surface area contributed by atoms with Gasteiger partial charge in [-0.25, -0.2) is 0 Å². The van der Waals surface area contributed by atoms with E-state index in [0.717, 1.165) is 77.5 Å². The molecule has 10 rings (SSSR count). The zero-order valence-corrected chi connectivity index (χ0v) is 33.7. The van der Waals surface area contributed by atoms with Gasteiger partial charge in [0.05, 0.1) is 16.8 Å². The van der Waals surface area contributed by atoms with Gasteiger partial charge in [-0.2, -0.15) is 28.7 Å². The van der Waals surface area contributed by atoms with Crippen molar-refractivity contribution < 1.29 is 30.2 Å². The van der Waals surface area contributed by atoms with Crippen LogP contribution in [0.2, 0.25) is 0 Å². The number of benzene rings is 5. The van der Waals surface area contributed by atoms with Gasteiger partial charge in [-0.3, -0.25) is 0 Å². The van der Waals surface area contributed by atoms with E-state index in [2.05, 4.69) is 148 Å². The molecule has 55 heavy (non-hydrogen) atoms. The predicted molar refractivity (Wildman–Crippen MR) is 219 cm³/mol. The van der Waals surface area contributed by atoms with Gasteiger partial charge in [0.2, 0.25) is 5.88 Å². The van der Waals surface area contributed by atoms with Crippen LogP contribution in [0.1, 0.15) is 52.7 Å². The van der Waals surface area contributed by atoms with Crippen LogP contribution >= 0.6 is 0 Å². The van der Waals surface area contributed by atoms with Crippen molar-refractivity contribution in [1.82, 2.24) is 19.1 Å². The summed E-state index contributed by atoms with van der Waals surface area (Å²) in [6.45, 7) is 13.3. The normalized spacial score (nSPS) is 12.4. The molecule has 0 unspecified atom stereocenters. The molecule has 0 atom stereocenters. The summed E-state index contributed by atoms with van der Waals surface area (Å²) in [5.41, 5.74) is 11.0. The van der Waals surface area contributed by atoms with Crippen molar-refractivity contribution in [2.75, 3.05) is 0 Å². The van der Waals surface area contributed by atoms with Gasteiger partial charge in [-0.05, 0) is 69.9 Å². The smallest absolute Gasteiger partial charge is 0.500 e. The van der Waals surface area contributed by atoms with E-state index in [0.29, 0.717) is 11.6 Å². The number of furan rings is 1. The van der Waals surface area contributed by atoms with Crippen LogP contribution in [0, 0.1) is 12.1 Å². The fourth-order valence-corrected chi connectivity index (χ4v) is 7.81. The number of aromatic nitrogens is 4. The van der Waals surface area contributed by atoms with E-state index in [1.807, 2.05) is 36.5 Å². The minimum Gasteiger partial charge on any atom is -0.500 e. The Hall–Kier alpha value is -5.71. The predicted octanol–water partition coefficient (Wildman–Crippen LogP) is 12.5. The molecular weight excluding hydrogens is 860 g/mol. The summed E-state index contributed by atoms with van der Waals surface area (Å²) in [5.74, 6) is 0.996. The van der Waals surface area contributed by atoms with Gasteiger partial charge in [0, 0.05) is 45.1 Å². The molecule has 0 aliphatic rings. The molecule has 0 amide bonds. The Labute approximate surface area is 334 Å². The molecule has 0 fully saturated rings. The second-order valence-corrected chi connectivity index (χ2v) is 16.2. The summed E-state index contributed by atoms with van der Waals surface area (Å²) in [6.07, 6.45) is 1.87. The van der Waals surface area contributed by atoms with Crippen molar-refractivity contribution in [3.63, 3.8) is 0 Å². The summed E-state index contributed by atoms with van der Waals surface area (Å²) >= 11 is 0. The Morgan fingerprint density at radius 2 is 1.44 bits per heavy atom. The van der Waals surface area contributed by atoms with Crippen LogP contribution in [0.15, 0.2) is 126 Å². The molecule has 5 heterocycles. The van der Waals surface area contributed by atoms with Crippen LogP contribution < -0.4 is 4.74 Å². The van der Waals surface area contributed by atoms with E-state index in [1.54, 1.807) is 0 Å². The molecule has 0 N–H and O–H groups in total. The first kappa shape index (κ1) is 35.0. The Morgan fingerprint density at radius 3 is 2.24 bits per heavy atom. The van der Waals surface area contributed by atoms with Crippen molar-refractivity contribution in [2.45, 2.75) is 52.4 Å². The van der Waals surface area contributed by atoms with Crippen LogP contribution in [-0.2, 0) is 31.9 Å². The third-order valence-electron chi connectivity index (χ3n) is 10.6. The number of para-hydroxylation sites is 2. The summed E-state index contributed by atoms with van der Waals surface area (Å²) in [7, 11) is 0. The van der Waals surface area contributed by atoms with E-state index < -0.39 is 0 Å². The monoisotopic (exact) mass is 897 g/mol. The van der Waals surface area contributed by atoms with E-state index in [4.69, 9.17) is 19.1 Å². The molecule has 0 bridgehead atoms. The SMILES string of the molecule is CC(C)(C)c1cc[c-]c(-n2c3ccccc3c3ccc(Oc4[c-]c(-c5cc(C(C)(C)C)ccn5)c5oc6cccc7c6c5c4n7-c4ccccc4)nc32)c1.[Pt+2]. The first-order chi connectivity index (χ1) is 26.0. The molecule has 0 aliphatic carbocycles. The molecule has 0 radical (unpaired) electrons. The number of nitrogens with zero attached hydrogens (tertiary/aromatic N) is 4. The van der Waals surface area contributed by atoms with E-state index in [9.17, 15) is 0 Å². The summed E-state index contributed by atoms with van der Waals surface area (Å²) in [6, 6.07) is 46.9. The van der Waals surface area contributed by atoms with Gasteiger partial charge in [-0.15, -0.1) is 6.07 Å². The molecule has 6 nitrogen and oxygen atoms in total. The van der Waals surface area contributed by atoms with Gasteiger partial charge in [0.25, 0.3) is 0 Å². The largest absolute Gasteiger partial charge is 2.00 e. The van der Waals surface area contributed by atoms with Crippen LogP contribution in [0.25, 0.3) is 77.5 Å². The summed E-state index contributed by atoms with van der Waals surface area (Å²) in [4.78, 5) is 10.1. The van der Waals surface area contributed by atoms with Crippen molar-refractivity contribution in [2.24, 2.45) is 0 Å². The maximum absolute atomic E-state index is 7.00. The Morgan fingerprint density at radius 1 is 0.691 bits per heavy atom. The molecule has 0 aliphatic heterocycles. The van der Waals surface area contributed by atoms with Crippen LogP contribution in [0.5, 0.6) is 11.6 Å². The Kier molecular flexibility index (Phi) is 8.07. The molecule has 7 heteroatoms. The maximum atomic E-state index is 7.00. The summed E-state index contributed by atoms with van der Waals surface area (Å²) in [5, 5.41) is 4.16. The topological polar surface area (TPSA) is 58.0 Å². The number of fused-ring (bicyclic) bond motifs is 3. The molecule has 0 saturated heterocycles. The number of ether oxygens (including phenoxy) is 1. The molecule has 0 spiro atoms. The van der Waals surface area contributed by atoms with Gasteiger partial charge < -0.3 is 23.3 Å². The molecule has 5 aromatic carbocycles. The quantitative estimate of drug-likeness (QED) is 0.162. The number of rotatable bonds is 5. The zero-order valence-electron chi connectivity index (χ0n) is 31.5. The fraction of sp³-hybridized carbons (Fsp3) is 0.167. The minimum absolute atomic E-state index is 0. The maximum Gasteiger partial charge on any atom is 2.00 e. The third-order valence-corrected chi connectivity index (χ3v) is 10.6. The van der Waals surface area contributed by atoms with Gasteiger partial charge in [-0.1, -0.05) is 107 Å². The second-order valence-electron chi connectivity index (χ2n) is 16.2. The number of hydrogen-bond acceptors (Lipinski definition) is 4. The third kappa shape index (κ3) is 5.57. The Balaban J connectivity index is 0.00000397.